The minimum absolute atomic E-state index is 0. The summed E-state index contributed by atoms with van der Waals surface area (Å²) in [5.41, 5.74) is 0. The van der Waals surface area contributed by atoms with Gasteiger partial charge in [-0.2, -0.15) is 4.31 Å². The number of hydrogen-bond donors (Lipinski definition) is 4. The molecule has 0 amide bonds. The Hall–Kier alpha value is 1.26. The summed E-state index contributed by atoms with van der Waals surface area (Å²) in [6, 6.07) is 0. The predicted molar refractivity (Wildman–Crippen MR) is 27.4 cm³/mol. The molecule has 0 aliphatic rings. The topological polar surface area (TPSA) is 124 Å². The summed E-state index contributed by atoms with van der Waals surface area (Å²) in [4.78, 5) is 31.0. The van der Waals surface area contributed by atoms with Crippen LogP contribution in [-0.4, -0.2) is 19.6 Å². The van der Waals surface area contributed by atoms with Crippen molar-refractivity contribution in [1.29, 1.82) is 0 Å². The Labute approximate surface area is 81.1 Å². The van der Waals surface area contributed by atoms with Crippen molar-refractivity contribution < 1.29 is 65.4 Å². The van der Waals surface area contributed by atoms with Crippen molar-refractivity contribution in [1.82, 2.24) is 0 Å². The molecule has 0 unspecified atom stereocenters. The zero-order valence-corrected chi connectivity index (χ0v) is 8.70. The molecule has 0 saturated heterocycles. The van der Waals surface area contributed by atoms with Gasteiger partial charge in [0.15, 0.2) is 0 Å². The Balaban J connectivity index is -0.000000107. The normalized spacial score (nSPS) is 12.4. The minimum Gasteiger partial charge on any atom is -1.00 e. The molecule has 0 saturated carbocycles. The molecule has 0 spiro atoms. The molecular weight excluding hydrogens is 197 g/mol. The Morgan fingerprint density at radius 3 is 1.30 bits per heavy atom. The molecule has 0 aromatic rings. The standard InChI is InChI=1S/Na.H4O7P2.H/c;1-8(2,3)7-9(4,5)6;/h;(H2,1,2,3)(H2,4,5,6);/q+1;;-1/p+1. The van der Waals surface area contributed by atoms with Crippen molar-refractivity contribution in [2.24, 2.45) is 0 Å². The van der Waals surface area contributed by atoms with Gasteiger partial charge in [0, 0.05) is 0 Å². The summed E-state index contributed by atoms with van der Waals surface area (Å²) in [6.07, 6.45) is 0. The van der Waals surface area contributed by atoms with Gasteiger partial charge in [-0.15, -0.1) is 0 Å². The summed E-state index contributed by atoms with van der Waals surface area (Å²) in [5.74, 6) is 0. The van der Waals surface area contributed by atoms with Crippen LogP contribution in [0, 0.1) is 0 Å². The quantitative estimate of drug-likeness (QED) is 0.270. The van der Waals surface area contributed by atoms with Gasteiger partial charge < -0.3 is 21.0 Å². The molecule has 0 bridgehead atoms. The van der Waals surface area contributed by atoms with Crippen LogP contribution < -0.4 is 29.6 Å². The molecule has 0 aliphatic carbocycles. The van der Waals surface area contributed by atoms with Gasteiger partial charge in [0.05, 0.1) is 0 Å². The summed E-state index contributed by atoms with van der Waals surface area (Å²) in [7, 11) is -10.1. The molecule has 0 aromatic heterocycles. The number of hydrogen-bond acceptors (Lipinski definition) is 3. The first-order valence-electron chi connectivity index (χ1n) is 1.53. The van der Waals surface area contributed by atoms with Crippen LogP contribution in [-0.2, 0) is 13.4 Å². The van der Waals surface area contributed by atoms with Crippen molar-refractivity contribution in [3.05, 3.63) is 0 Å². The monoisotopic (exact) mass is 203 g/mol. The van der Waals surface area contributed by atoms with Crippen LogP contribution in [0.2, 0.25) is 0 Å². The third kappa shape index (κ3) is 12.0. The zero-order chi connectivity index (χ0) is 7.71. The first kappa shape index (κ1) is 13.8. The van der Waals surface area contributed by atoms with Crippen molar-refractivity contribution in [2.75, 3.05) is 0 Å². The van der Waals surface area contributed by atoms with Gasteiger partial charge in [0.2, 0.25) is 0 Å². The van der Waals surface area contributed by atoms with Crippen molar-refractivity contribution in [3.63, 3.8) is 0 Å². The van der Waals surface area contributed by atoms with Crippen molar-refractivity contribution >= 4 is 15.6 Å². The van der Waals surface area contributed by atoms with Gasteiger partial charge in [0.1, 0.15) is 0 Å². The Bertz CT molecular complexity index is 160. The average molecular weight is 203 g/mol. The van der Waals surface area contributed by atoms with Crippen LogP contribution in [0.25, 0.3) is 0 Å². The molecule has 0 aliphatic heterocycles. The molecule has 10 heavy (non-hydrogen) atoms. The maximum absolute atomic E-state index is 9.63. The van der Waals surface area contributed by atoms with Crippen molar-refractivity contribution in [2.45, 2.75) is 0 Å². The van der Waals surface area contributed by atoms with Gasteiger partial charge in [-0.25, -0.2) is 9.13 Å². The molecule has 0 fully saturated rings. The van der Waals surface area contributed by atoms with Crippen LogP contribution in [0.5, 0.6) is 0 Å². The van der Waals surface area contributed by atoms with Crippen LogP contribution >= 0.6 is 15.6 Å². The third-order valence-electron chi connectivity index (χ3n) is 0.213. The predicted octanol–water partition coefficient (Wildman–Crippen LogP) is -3.58. The van der Waals surface area contributed by atoms with Gasteiger partial charge in [-0.05, 0) is 0 Å². The van der Waals surface area contributed by atoms with E-state index in [0.29, 0.717) is 0 Å². The van der Waals surface area contributed by atoms with Crippen LogP contribution in [0.1, 0.15) is 2.85 Å². The molecule has 10 heteroatoms. The van der Waals surface area contributed by atoms with E-state index in [4.69, 9.17) is 19.6 Å². The second-order valence-electron chi connectivity index (χ2n) is 1.06. The minimum atomic E-state index is -5.05. The number of phosphoric acid groups is 2. The Morgan fingerprint density at radius 1 is 1.10 bits per heavy atom. The molecule has 58 valence electrons. The smallest absolute Gasteiger partial charge is 1.00 e. The largest absolute Gasteiger partial charge is 1.00 e. The van der Waals surface area contributed by atoms with Gasteiger partial charge in [0.25, 0.3) is 0 Å². The second-order valence-corrected chi connectivity index (χ2v) is 3.68. The molecular formula is H6NaO7P2+. The Kier molecular flexibility index (Phi) is 5.98. The number of rotatable bonds is 2. The molecule has 0 radical (unpaired) electrons. The van der Waals surface area contributed by atoms with E-state index in [2.05, 4.69) is 4.31 Å². The van der Waals surface area contributed by atoms with Gasteiger partial charge >= 0.3 is 46.6 Å². The van der Waals surface area contributed by atoms with Gasteiger partial charge in [-0.3, -0.25) is 0 Å². The van der Waals surface area contributed by atoms with Crippen LogP contribution in [0.3, 0.4) is 0 Å². The molecule has 0 atom stereocenters. The molecule has 0 heterocycles. The summed E-state index contributed by atoms with van der Waals surface area (Å²) in [6.45, 7) is 0. The summed E-state index contributed by atoms with van der Waals surface area (Å²) in [5, 5.41) is 0. The maximum Gasteiger partial charge on any atom is 1.00 e. The van der Waals surface area contributed by atoms with E-state index in [9.17, 15) is 9.13 Å². The van der Waals surface area contributed by atoms with E-state index in [1.54, 1.807) is 0 Å². The molecule has 7 nitrogen and oxygen atoms in total. The fourth-order valence-corrected chi connectivity index (χ4v) is 1.25. The SMILES string of the molecule is O=P(O)(O)OP(=O)(O)O.[H+].[H-].[Na+]. The fraction of sp³-hybridized carbons (Fsp3) is 0. The van der Waals surface area contributed by atoms with E-state index in [-0.39, 0.29) is 32.4 Å². The van der Waals surface area contributed by atoms with E-state index in [0.717, 1.165) is 0 Å². The van der Waals surface area contributed by atoms with E-state index < -0.39 is 15.6 Å². The van der Waals surface area contributed by atoms with Crippen LogP contribution in [0.4, 0.5) is 0 Å². The molecule has 0 aromatic carbocycles. The van der Waals surface area contributed by atoms with Crippen LogP contribution in [0.15, 0.2) is 0 Å². The third-order valence-corrected chi connectivity index (χ3v) is 1.91. The first-order valence-corrected chi connectivity index (χ1v) is 4.59. The first-order chi connectivity index (χ1) is 3.71. The fourth-order valence-electron chi connectivity index (χ4n) is 0.139. The summed E-state index contributed by atoms with van der Waals surface area (Å²) < 4.78 is 22.2. The van der Waals surface area contributed by atoms with Gasteiger partial charge in [-0.1, -0.05) is 0 Å². The Morgan fingerprint density at radius 2 is 1.30 bits per heavy atom. The molecule has 0 rings (SSSR count). The second kappa shape index (κ2) is 4.33. The van der Waals surface area contributed by atoms with E-state index >= 15 is 0 Å². The average Bonchev–Trinajstić information content (AvgIpc) is 1.14. The van der Waals surface area contributed by atoms with Crippen molar-refractivity contribution in [3.8, 4) is 0 Å². The van der Waals surface area contributed by atoms with E-state index in [1.807, 2.05) is 0 Å². The van der Waals surface area contributed by atoms with E-state index in [1.165, 1.54) is 0 Å². The maximum atomic E-state index is 9.63. The molecule has 4 N–H and O–H groups in total. The zero-order valence-electron chi connectivity index (χ0n) is 6.91. The summed E-state index contributed by atoms with van der Waals surface area (Å²) >= 11 is 0.